The monoisotopic (exact) mass is 147 g/mol. The minimum Gasteiger partial charge on any atom is -0.403 e. The number of rotatable bonds is 2. The van der Waals surface area contributed by atoms with Crippen molar-refractivity contribution in [3.63, 3.8) is 0 Å². The normalized spacial score (nSPS) is 11.1. The summed E-state index contributed by atoms with van der Waals surface area (Å²) in [5.74, 6) is 0. The van der Waals surface area contributed by atoms with Crippen LogP contribution in [-0.2, 0) is 0 Å². The summed E-state index contributed by atoms with van der Waals surface area (Å²) in [5.41, 5.74) is 13.4. The summed E-state index contributed by atoms with van der Waals surface area (Å²) >= 11 is 0. The molecule has 0 saturated carbocycles. The molecule has 11 heavy (non-hydrogen) atoms. The molecule has 0 atom stereocenters. The summed E-state index contributed by atoms with van der Waals surface area (Å²) in [6, 6.07) is 9.38. The molecule has 0 bridgehead atoms. The lowest BCUT2D eigenvalue weighted by Crippen LogP contribution is -1.84. The molecule has 3 nitrogen and oxygen atoms in total. The van der Waals surface area contributed by atoms with E-state index in [0.717, 1.165) is 5.56 Å². The van der Waals surface area contributed by atoms with E-state index in [4.69, 9.17) is 11.3 Å². The number of hydrogen-bond donors (Lipinski definition) is 2. The molecule has 0 aliphatic carbocycles. The first-order chi connectivity index (χ1) is 5.38. The predicted molar refractivity (Wildman–Crippen MR) is 43.8 cm³/mol. The summed E-state index contributed by atoms with van der Waals surface area (Å²) in [6.45, 7) is 0. The number of benzene rings is 1. The highest BCUT2D eigenvalue weighted by molar-refractivity contribution is 5.62. The Morgan fingerprint density at radius 1 is 1.36 bits per heavy atom. The van der Waals surface area contributed by atoms with Crippen molar-refractivity contribution in [2.75, 3.05) is 0 Å². The molecule has 0 aromatic heterocycles. The molecule has 3 heteroatoms. The van der Waals surface area contributed by atoms with Crippen LogP contribution in [0, 0.1) is 5.53 Å². The molecule has 0 heterocycles. The lowest BCUT2D eigenvalue weighted by molar-refractivity contribution is 1.15. The van der Waals surface area contributed by atoms with Gasteiger partial charge >= 0.3 is 0 Å². The number of nitrogens with one attached hydrogen (secondary N) is 1. The standard InChI is InChI=1S/C8H9N3/c9-6-8(11-10)7-4-2-1-3-5-7/h1-6,10H,9H2/b8-6-,11-10?. The topological polar surface area (TPSA) is 62.2 Å². The van der Waals surface area contributed by atoms with E-state index < -0.39 is 0 Å². The third kappa shape index (κ3) is 1.64. The average Bonchev–Trinajstić information content (AvgIpc) is 2.09. The lowest BCUT2D eigenvalue weighted by atomic mass is 10.2. The zero-order chi connectivity index (χ0) is 8.10. The van der Waals surface area contributed by atoms with Crippen molar-refractivity contribution in [2.45, 2.75) is 0 Å². The lowest BCUT2D eigenvalue weighted by Gasteiger charge is -1.96. The fraction of sp³-hybridized carbons (Fsp3) is 0. The van der Waals surface area contributed by atoms with E-state index in [1.807, 2.05) is 30.3 Å². The fourth-order valence-electron chi connectivity index (χ4n) is 0.807. The second kappa shape index (κ2) is 3.51. The highest BCUT2D eigenvalue weighted by Crippen LogP contribution is 2.12. The summed E-state index contributed by atoms with van der Waals surface area (Å²) in [6.07, 6.45) is 1.32. The van der Waals surface area contributed by atoms with Gasteiger partial charge in [-0.2, -0.15) is 5.11 Å². The minimum atomic E-state index is 0.491. The smallest absolute Gasteiger partial charge is 0.108 e. The van der Waals surface area contributed by atoms with E-state index in [2.05, 4.69) is 5.11 Å². The predicted octanol–water partition coefficient (Wildman–Crippen LogP) is 1.97. The molecule has 1 aromatic rings. The van der Waals surface area contributed by atoms with E-state index in [9.17, 15) is 0 Å². The Labute approximate surface area is 65.0 Å². The Morgan fingerprint density at radius 2 is 2.00 bits per heavy atom. The van der Waals surface area contributed by atoms with Gasteiger partial charge in [-0.1, -0.05) is 30.3 Å². The molecule has 56 valence electrons. The Hall–Kier alpha value is -1.64. The van der Waals surface area contributed by atoms with Crippen LogP contribution >= 0.6 is 0 Å². The van der Waals surface area contributed by atoms with Crippen LogP contribution in [0.1, 0.15) is 5.56 Å². The summed E-state index contributed by atoms with van der Waals surface area (Å²) in [5, 5.41) is 3.26. The van der Waals surface area contributed by atoms with E-state index in [-0.39, 0.29) is 0 Å². The molecule has 1 rings (SSSR count). The third-order valence-corrected chi connectivity index (χ3v) is 1.35. The van der Waals surface area contributed by atoms with Crippen molar-refractivity contribution in [1.29, 1.82) is 5.53 Å². The van der Waals surface area contributed by atoms with E-state index in [1.54, 1.807) is 0 Å². The van der Waals surface area contributed by atoms with Gasteiger partial charge in [0.1, 0.15) is 5.70 Å². The Balaban J connectivity index is 3.01. The molecular weight excluding hydrogens is 138 g/mol. The molecular formula is C8H9N3. The van der Waals surface area contributed by atoms with Gasteiger partial charge in [-0.3, -0.25) is 0 Å². The van der Waals surface area contributed by atoms with Gasteiger partial charge < -0.3 is 5.73 Å². The van der Waals surface area contributed by atoms with E-state index in [1.165, 1.54) is 6.20 Å². The SMILES string of the molecule is N=N/C(=C\N)c1ccccc1. The van der Waals surface area contributed by atoms with Crippen LogP contribution in [0.4, 0.5) is 0 Å². The van der Waals surface area contributed by atoms with Crippen molar-refractivity contribution in [2.24, 2.45) is 10.8 Å². The van der Waals surface area contributed by atoms with Crippen molar-refractivity contribution >= 4 is 5.70 Å². The highest BCUT2D eigenvalue weighted by atomic mass is 15.0. The quantitative estimate of drug-likeness (QED) is 0.617. The van der Waals surface area contributed by atoms with Crippen LogP contribution in [-0.4, -0.2) is 0 Å². The van der Waals surface area contributed by atoms with Crippen LogP contribution in [0.25, 0.3) is 5.70 Å². The first-order valence-electron chi connectivity index (χ1n) is 3.23. The summed E-state index contributed by atoms with van der Waals surface area (Å²) in [7, 11) is 0. The third-order valence-electron chi connectivity index (χ3n) is 1.35. The van der Waals surface area contributed by atoms with Crippen molar-refractivity contribution in [1.82, 2.24) is 0 Å². The van der Waals surface area contributed by atoms with Crippen molar-refractivity contribution < 1.29 is 0 Å². The maximum atomic E-state index is 6.77. The first-order valence-corrected chi connectivity index (χ1v) is 3.23. The maximum Gasteiger partial charge on any atom is 0.108 e. The zero-order valence-corrected chi connectivity index (χ0v) is 5.99. The van der Waals surface area contributed by atoms with Crippen molar-refractivity contribution in [3.05, 3.63) is 42.1 Å². The summed E-state index contributed by atoms with van der Waals surface area (Å²) in [4.78, 5) is 0. The number of nitrogens with two attached hydrogens (primary N) is 1. The van der Waals surface area contributed by atoms with Gasteiger partial charge in [0.05, 0.1) is 0 Å². The van der Waals surface area contributed by atoms with Gasteiger partial charge in [-0.15, -0.1) is 0 Å². The van der Waals surface area contributed by atoms with Gasteiger partial charge in [0.15, 0.2) is 0 Å². The zero-order valence-electron chi connectivity index (χ0n) is 5.99. The van der Waals surface area contributed by atoms with Crippen LogP contribution in [0.2, 0.25) is 0 Å². The average molecular weight is 147 g/mol. The molecule has 0 radical (unpaired) electrons. The van der Waals surface area contributed by atoms with Crippen LogP contribution < -0.4 is 5.73 Å². The van der Waals surface area contributed by atoms with Gasteiger partial charge in [0.2, 0.25) is 0 Å². The molecule has 0 aliphatic rings. The second-order valence-electron chi connectivity index (χ2n) is 2.03. The second-order valence-corrected chi connectivity index (χ2v) is 2.03. The number of hydrogen-bond acceptors (Lipinski definition) is 3. The molecule has 1 aromatic carbocycles. The number of nitrogens with zero attached hydrogens (tertiary/aromatic N) is 1. The molecule has 0 aliphatic heterocycles. The Bertz CT molecular complexity index is 264. The molecule has 0 spiro atoms. The van der Waals surface area contributed by atoms with Crippen LogP contribution in [0.5, 0.6) is 0 Å². The largest absolute Gasteiger partial charge is 0.403 e. The molecule has 0 saturated heterocycles. The minimum absolute atomic E-state index is 0.491. The van der Waals surface area contributed by atoms with Crippen molar-refractivity contribution in [3.8, 4) is 0 Å². The van der Waals surface area contributed by atoms with Gasteiger partial charge in [-0.05, 0) is 0 Å². The Morgan fingerprint density at radius 3 is 2.45 bits per heavy atom. The summed E-state index contributed by atoms with van der Waals surface area (Å²) < 4.78 is 0. The Kier molecular flexibility index (Phi) is 2.38. The highest BCUT2D eigenvalue weighted by Gasteiger charge is 1.94. The molecule has 0 amide bonds. The van der Waals surface area contributed by atoms with Crippen LogP contribution in [0.15, 0.2) is 41.6 Å². The maximum absolute atomic E-state index is 6.77. The molecule has 3 N–H and O–H groups in total. The van der Waals surface area contributed by atoms with E-state index in [0.29, 0.717) is 5.70 Å². The first kappa shape index (κ1) is 7.47. The van der Waals surface area contributed by atoms with E-state index >= 15 is 0 Å². The fourth-order valence-corrected chi connectivity index (χ4v) is 0.807. The van der Waals surface area contributed by atoms with Gasteiger partial charge in [0.25, 0.3) is 0 Å². The molecule has 0 unspecified atom stereocenters. The van der Waals surface area contributed by atoms with Gasteiger partial charge in [0, 0.05) is 11.8 Å². The molecule has 0 fully saturated rings. The van der Waals surface area contributed by atoms with Crippen LogP contribution in [0.3, 0.4) is 0 Å². The van der Waals surface area contributed by atoms with Gasteiger partial charge in [-0.25, -0.2) is 5.53 Å².